The van der Waals surface area contributed by atoms with Crippen molar-refractivity contribution >= 4 is 17.1 Å². The fourth-order valence-electron chi connectivity index (χ4n) is 2.34. The average Bonchev–Trinajstić information content (AvgIpc) is 3.33. The van der Waals surface area contributed by atoms with Crippen LogP contribution in [0.25, 0.3) is 10.9 Å². The van der Waals surface area contributed by atoms with Gasteiger partial charge < -0.3 is 14.0 Å². The Bertz CT molecular complexity index is 858. The van der Waals surface area contributed by atoms with Crippen molar-refractivity contribution in [3.8, 4) is 5.75 Å². The van der Waals surface area contributed by atoms with Crippen LogP contribution in [0.2, 0.25) is 0 Å². The minimum atomic E-state index is -1.65. The SMILES string of the molecule is CCOC(=O)Oc1cn(C2CC2)c2c(F)c(F)c(F)cc2c1=O. The van der Waals surface area contributed by atoms with Crippen molar-refractivity contribution in [1.82, 2.24) is 4.57 Å². The van der Waals surface area contributed by atoms with E-state index in [4.69, 9.17) is 4.74 Å². The van der Waals surface area contributed by atoms with Gasteiger partial charge in [0.15, 0.2) is 23.2 Å². The summed E-state index contributed by atoms with van der Waals surface area (Å²) >= 11 is 0. The second-order valence-corrected chi connectivity index (χ2v) is 5.13. The van der Waals surface area contributed by atoms with Crippen LogP contribution >= 0.6 is 0 Å². The number of rotatable bonds is 3. The first-order valence-electron chi connectivity index (χ1n) is 7.01. The molecular formula is C15H12F3NO4. The molecule has 2 aromatic rings. The number of fused-ring (bicyclic) bond motifs is 1. The largest absolute Gasteiger partial charge is 0.514 e. The maximum absolute atomic E-state index is 14.1. The Labute approximate surface area is 128 Å². The van der Waals surface area contributed by atoms with E-state index < -0.39 is 40.2 Å². The van der Waals surface area contributed by atoms with E-state index in [0.717, 1.165) is 6.20 Å². The Morgan fingerprint density at radius 3 is 2.61 bits per heavy atom. The van der Waals surface area contributed by atoms with Gasteiger partial charge in [0.05, 0.1) is 23.7 Å². The second-order valence-electron chi connectivity index (χ2n) is 5.13. The van der Waals surface area contributed by atoms with Gasteiger partial charge in [-0.3, -0.25) is 4.79 Å². The Morgan fingerprint density at radius 2 is 2.00 bits per heavy atom. The summed E-state index contributed by atoms with van der Waals surface area (Å²) in [5, 5.41) is -0.393. The summed E-state index contributed by atoms with van der Waals surface area (Å²) < 4.78 is 51.7. The maximum atomic E-state index is 14.1. The third-order valence-corrected chi connectivity index (χ3v) is 3.52. The summed E-state index contributed by atoms with van der Waals surface area (Å²) in [6.07, 6.45) is 1.40. The number of carbonyl (C=O) groups is 1. The second kappa shape index (κ2) is 5.60. The van der Waals surface area contributed by atoms with Gasteiger partial charge in [0.1, 0.15) is 0 Å². The highest BCUT2D eigenvalue weighted by Gasteiger charge is 2.29. The number of nitrogens with zero attached hydrogens (tertiary/aromatic N) is 1. The highest BCUT2D eigenvalue weighted by Crippen LogP contribution is 2.38. The molecule has 122 valence electrons. The van der Waals surface area contributed by atoms with E-state index in [1.54, 1.807) is 6.92 Å². The predicted molar refractivity (Wildman–Crippen MR) is 74.0 cm³/mol. The van der Waals surface area contributed by atoms with Crippen LogP contribution in [0.5, 0.6) is 5.75 Å². The molecular weight excluding hydrogens is 315 g/mol. The smallest absolute Gasteiger partial charge is 0.434 e. The molecule has 0 amide bonds. The minimum Gasteiger partial charge on any atom is -0.434 e. The summed E-state index contributed by atoms with van der Waals surface area (Å²) in [6, 6.07) is 0.439. The molecule has 1 heterocycles. The molecule has 0 spiro atoms. The van der Waals surface area contributed by atoms with Crippen LogP contribution in [0.15, 0.2) is 17.1 Å². The first-order valence-corrected chi connectivity index (χ1v) is 7.01. The molecule has 0 unspecified atom stereocenters. The quantitative estimate of drug-likeness (QED) is 0.641. The van der Waals surface area contributed by atoms with Gasteiger partial charge in [-0.25, -0.2) is 18.0 Å². The third kappa shape index (κ3) is 2.64. The predicted octanol–water partition coefficient (Wildman–Crippen LogP) is 3.29. The fraction of sp³-hybridized carbons (Fsp3) is 0.333. The summed E-state index contributed by atoms with van der Waals surface area (Å²) in [4.78, 5) is 23.7. The van der Waals surface area contributed by atoms with E-state index in [9.17, 15) is 22.8 Å². The Kier molecular flexibility index (Phi) is 3.75. The molecule has 1 aromatic carbocycles. The highest BCUT2D eigenvalue weighted by molar-refractivity contribution is 5.82. The van der Waals surface area contributed by atoms with E-state index in [0.29, 0.717) is 18.9 Å². The number of aromatic nitrogens is 1. The molecule has 0 radical (unpaired) electrons. The van der Waals surface area contributed by atoms with Gasteiger partial charge >= 0.3 is 6.16 Å². The van der Waals surface area contributed by atoms with Crippen LogP contribution in [0.1, 0.15) is 25.8 Å². The number of hydrogen-bond donors (Lipinski definition) is 0. The van der Waals surface area contributed by atoms with Crippen LogP contribution in [0.3, 0.4) is 0 Å². The van der Waals surface area contributed by atoms with Gasteiger partial charge in [0, 0.05) is 6.04 Å². The monoisotopic (exact) mass is 327 g/mol. The Balaban J connectivity index is 2.24. The van der Waals surface area contributed by atoms with Crippen molar-refractivity contribution in [1.29, 1.82) is 0 Å². The molecule has 0 N–H and O–H groups in total. The van der Waals surface area contributed by atoms with Crippen LogP contribution in [-0.2, 0) is 4.74 Å². The van der Waals surface area contributed by atoms with Crippen LogP contribution in [0, 0.1) is 17.5 Å². The summed E-state index contributed by atoms with van der Waals surface area (Å²) in [6.45, 7) is 1.59. The molecule has 1 aliphatic carbocycles. The van der Waals surface area contributed by atoms with Gasteiger partial charge in [-0.15, -0.1) is 0 Å². The zero-order chi connectivity index (χ0) is 16.7. The van der Waals surface area contributed by atoms with E-state index >= 15 is 0 Å². The van der Waals surface area contributed by atoms with Crippen molar-refractivity contribution < 1.29 is 27.4 Å². The number of hydrogen-bond acceptors (Lipinski definition) is 4. The summed E-state index contributed by atoms with van der Waals surface area (Å²) in [5.74, 6) is -4.99. The van der Waals surface area contributed by atoms with E-state index in [1.165, 1.54) is 4.57 Å². The molecule has 3 rings (SSSR count). The Morgan fingerprint density at radius 1 is 1.30 bits per heavy atom. The van der Waals surface area contributed by atoms with E-state index in [2.05, 4.69) is 4.74 Å². The first kappa shape index (κ1) is 15.4. The van der Waals surface area contributed by atoms with E-state index in [1.807, 2.05) is 0 Å². The molecule has 1 aliphatic rings. The zero-order valence-electron chi connectivity index (χ0n) is 12.1. The zero-order valence-corrected chi connectivity index (χ0v) is 12.1. The Hall–Kier alpha value is -2.51. The number of carbonyl (C=O) groups excluding carboxylic acids is 1. The van der Waals surface area contributed by atoms with Gasteiger partial charge in [-0.05, 0) is 25.8 Å². The van der Waals surface area contributed by atoms with Crippen molar-refractivity contribution in [2.45, 2.75) is 25.8 Å². The first-order chi connectivity index (χ1) is 10.9. The van der Waals surface area contributed by atoms with Crippen molar-refractivity contribution in [3.63, 3.8) is 0 Å². The van der Waals surface area contributed by atoms with Crippen molar-refractivity contribution in [2.24, 2.45) is 0 Å². The molecule has 1 aromatic heterocycles. The number of benzene rings is 1. The molecule has 1 fully saturated rings. The number of halogens is 3. The van der Waals surface area contributed by atoms with Crippen LogP contribution < -0.4 is 10.2 Å². The molecule has 1 saturated carbocycles. The molecule has 0 atom stereocenters. The molecule has 5 nitrogen and oxygen atoms in total. The lowest BCUT2D eigenvalue weighted by molar-refractivity contribution is 0.104. The van der Waals surface area contributed by atoms with Crippen molar-refractivity contribution in [2.75, 3.05) is 6.61 Å². The normalized spacial score (nSPS) is 14.1. The fourth-order valence-corrected chi connectivity index (χ4v) is 2.34. The molecule has 8 heteroatoms. The van der Waals surface area contributed by atoms with Crippen LogP contribution in [-0.4, -0.2) is 17.3 Å². The number of pyridine rings is 1. The average molecular weight is 327 g/mol. The van der Waals surface area contributed by atoms with Gasteiger partial charge in [0.2, 0.25) is 5.43 Å². The lowest BCUT2D eigenvalue weighted by atomic mass is 10.1. The molecule has 23 heavy (non-hydrogen) atoms. The molecule has 0 saturated heterocycles. The lowest BCUT2D eigenvalue weighted by Crippen LogP contribution is -2.19. The van der Waals surface area contributed by atoms with Crippen LogP contribution in [0.4, 0.5) is 18.0 Å². The standard InChI is InChI=1S/C15H12F3NO4/c1-2-22-15(21)23-10-6-19(7-3-4-7)13-8(14(10)20)5-9(16)11(17)12(13)18/h5-7H,2-4H2,1H3. The summed E-state index contributed by atoms with van der Waals surface area (Å²) in [5.41, 5.74) is -1.25. The third-order valence-electron chi connectivity index (χ3n) is 3.52. The maximum Gasteiger partial charge on any atom is 0.514 e. The van der Waals surface area contributed by atoms with Gasteiger partial charge in [0.25, 0.3) is 0 Å². The molecule has 0 aliphatic heterocycles. The topological polar surface area (TPSA) is 57.5 Å². The highest BCUT2D eigenvalue weighted by atomic mass is 19.2. The minimum absolute atomic E-state index is 0.0394. The lowest BCUT2D eigenvalue weighted by Gasteiger charge is -2.13. The summed E-state index contributed by atoms with van der Waals surface area (Å²) in [7, 11) is 0. The van der Waals surface area contributed by atoms with Gasteiger partial charge in [-0.2, -0.15) is 0 Å². The number of ether oxygens (including phenoxy) is 2. The van der Waals surface area contributed by atoms with Crippen molar-refractivity contribution in [3.05, 3.63) is 39.9 Å². The van der Waals surface area contributed by atoms with E-state index in [-0.39, 0.29) is 18.2 Å². The molecule has 0 bridgehead atoms. The van der Waals surface area contributed by atoms with Gasteiger partial charge in [-0.1, -0.05) is 0 Å².